The van der Waals surface area contributed by atoms with Crippen LogP contribution in [0.3, 0.4) is 0 Å². The van der Waals surface area contributed by atoms with Crippen LogP contribution >= 0.6 is 11.3 Å². The fraction of sp³-hybridized carbons (Fsp3) is 0.389. The molecule has 0 aliphatic heterocycles. The second-order valence-corrected chi connectivity index (χ2v) is 6.85. The zero-order valence-corrected chi connectivity index (χ0v) is 13.4. The Kier molecular flexibility index (Phi) is 3.96. The predicted octanol–water partition coefficient (Wildman–Crippen LogP) is 3.98. The Morgan fingerprint density at radius 2 is 2.14 bits per heavy atom. The van der Waals surface area contributed by atoms with Gasteiger partial charge in [0.1, 0.15) is 0 Å². The molecule has 1 saturated carbocycles. The summed E-state index contributed by atoms with van der Waals surface area (Å²) in [5.41, 5.74) is 2.43. The average molecular weight is 299 g/mol. The van der Waals surface area contributed by atoms with Gasteiger partial charge in [-0.05, 0) is 37.3 Å². The molecule has 1 fully saturated rings. The quantitative estimate of drug-likeness (QED) is 0.906. The van der Waals surface area contributed by atoms with Crippen molar-refractivity contribution in [1.29, 1.82) is 0 Å². The molecular weight excluding hydrogens is 278 g/mol. The number of allylic oxidation sites excluding steroid dienone is 1. The third kappa shape index (κ3) is 2.68. The zero-order chi connectivity index (χ0) is 14.9. The Hall–Kier alpha value is -1.45. The third-order valence-electron chi connectivity index (χ3n) is 4.40. The molecule has 3 rings (SSSR count). The van der Waals surface area contributed by atoms with Crippen molar-refractivity contribution in [2.24, 2.45) is 5.92 Å². The molecule has 1 aromatic heterocycles. The molecule has 3 heteroatoms. The summed E-state index contributed by atoms with van der Waals surface area (Å²) in [4.78, 5) is 5.82. The first kappa shape index (κ1) is 14.5. The molecule has 1 aromatic carbocycles. The molecule has 2 aromatic rings. The van der Waals surface area contributed by atoms with Crippen molar-refractivity contribution in [2.75, 3.05) is 6.61 Å². The van der Waals surface area contributed by atoms with Crippen molar-refractivity contribution in [3.8, 4) is 0 Å². The van der Waals surface area contributed by atoms with Crippen LogP contribution in [0.25, 0.3) is 6.08 Å². The van der Waals surface area contributed by atoms with Crippen molar-refractivity contribution in [3.05, 3.63) is 57.6 Å². The molecule has 21 heavy (non-hydrogen) atoms. The molecule has 2 unspecified atom stereocenters. The number of nitrogens with zero attached hydrogens (tertiary/aromatic N) is 1. The van der Waals surface area contributed by atoms with Gasteiger partial charge in [0.25, 0.3) is 0 Å². The van der Waals surface area contributed by atoms with Gasteiger partial charge in [-0.15, -0.1) is 11.3 Å². The summed E-state index contributed by atoms with van der Waals surface area (Å²) in [6.45, 7) is 4.46. The summed E-state index contributed by atoms with van der Waals surface area (Å²) >= 11 is 1.77. The first-order valence-corrected chi connectivity index (χ1v) is 8.33. The van der Waals surface area contributed by atoms with Gasteiger partial charge in [-0.1, -0.05) is 43.3 Å². The highest BCUT2D eigenvalue weighted by Crippen LogP contribution is 2.55. The molecule has 0 amide bonds. The Bertz CT molecular complexity index is 646. The lowest BCUT2D eigenvalue weighted by Gasteiger charge is -2.12. The van der Waals surface area contributed by atoms with Crippen molar-refractivity contribution >= 4 is 17.4 Å². The number of rotatable bonds is 5. The van der Waals surface area contributed by atoms with Crippen molar-refractivity contribution in [1.82, 2.24) is 4.98 Å². The Labute approximate surface area is 130 Å². The first-order valence-electron chi connectivity index (χ1n) is 7.51. The molecule has 2 nitrogen and oxygen atoms in total. The van der Waals surface area contributed by atoms with Crippen LogP contribution in [0.4, 0.5) is 0 Å². The highest BCUT2D eigenvalue weighted by Gasteiger charge is 2.52. The first-order chi connectivity index (χ1) is 10.2. The number of hydrogen-bond donors (Lipinski definition) is 1. The van der Waals surface area contributed by atoms with Crippen LogP contribution in [0, 0.1) is 12.8 Å². The van der Waals surface area contributed by atoms with E-state index in [9.17, 15) is 5.11 Å². The highest BCUT2D eigenvalue weighted by molar-refractivity contribution is 7.12. The van der Waals surface area contributed by atoms with E-state index in [0.717, 1.165) is 18.5 Å². The number of aromatic nitrogens is 1. The number of aliphatic hydroxyl groups is 1. The van der Waals surface area contributed by atoms with E-state index in [1.165, 1.54) is 15.4 Å². The molecule has 0 saturated heterocycles. The van der Waals surface area contributed by atoms with Crippen LogP contribution in [-0.4, -0.2) is 16.7 Å². The zero-order valence-electron chi connectivity index (χ0n) is 12.5. The van der Waals surface area contributed by atoms with Gasteiger partial charge in [0.05, 0.1) is 10.7 Å². The van der Waals surface area contributed by atoms with Crippen LogP contribution in [0.15, 0.2) is 36.4 Å². The lowest BCUT2D eigenvalue weighted by molar-refractivity contribution is 0.268. The molecular formula is C18H21NOS. The number of aliphatic hydroxyl groups excluding tert-OH is 1. The van der Waals surface area contributed by atoms with E-state index in [0.29, 0.717) is 5.92 Å². The molecule has 1 aliphatic carbocycles. The van der Waals surface area contributed by atoms with Gasteiger partial charge in [0, 0.05) is 16.9 Å². The molecule has 1 heterocycles. The monoisotopic (exact) mass is 299 g/mol. The van der Waals surface area contributed by atoms with Crippen molar-refractivity contribution in [2.45, 2.75) is 32.1 Å². The average Bonchev–Trinajstić information content (AvgIpc) is 3.14. The van der Waals surface area contributed by atoms with Gasteiger partial charge < -0.3 is 5.11 Å². The molecule has 110 valence electrons. The number of thiazole rings is 1. The Morgan fingerprint density at radius 3 is 2.71 bits per heavy atom. The number of aryl methyl sites for hydroxylation is 2. The second-order valence-electron chi connectivity index (χ2n) is 5.73. The smallest absolute Gasteiger partial charge is 0.0931 e. The maximum Gasteiger partial charge on any atom is 0.0931 e. The van der Waals surface area contributed by atoms with Gasteiger partial charge in [0.2, 0.25) is 0 Å². The minimum absolute atomic E-state index is 0.0127. The summed E-state index contributed by atoms with van der Waals surface area (Å²) in [6, 6.07) is 10.5. The van der Waals surface area contributed by atoms with E-state index >= 15 is 0 Å². The molecule has 0 radical (unpaired) electrons. The van der Waals surface area contributed by atoms with E-state index in [1.807, 2.05) is 6.07 Å². The van der Waals surface area contributed by atoms with E-state index in [2.05, 4.69) is 55.2 Å². The summed E-state index contributed by atoms with van der Waals surface area (Å²) in [5, 5.41) is 10.7. The number of benzene rings is 1. The van der Waals surface area contributed by atoms with Crippen molar-refractivity contribution < 1.29 is 5.11 Å². The lowest BCUT2D eigenvalue weighted by Crippen LogP contribution is -2.08. The normalized spacial score (nSPS) is 24.6. The summed E-state index contributed by atoms with van der Waals surface area (Å²) in [7, 11) is 0. The second kappa shape index (κ2) is 5.74. The Balaban J connectivity index is 1.90. The maximum absolute atomic E-state index is 9.55. The topological polar surface area (TPSA) is 33.1 Å². The standard InChI is InChI=1S/C18H21NOS/c1-3-17-19-13(2)16(21-17)9-10-18(11-15(18)12-20)14-7-5-4-6-8-14/h4-10,15,20H,3,11-12H2,1-2H3/b10-9+. The van der Waals surface area contributed by atoms with E-state index in [4.69, 9.17) is 0 Å². The Morgan fingerprint density at radius 1 is 1.38 bits per heavy atom. The van der Waals surface area contributed by atoms with Gasteiger partial charge in [0.15, 0.2) is 0 Å². The van der Waals surface area contributed by atoms with Crippen LogP contribution in [-0.2, 0) is 11.8 Å². The SMILES string of the molecule is CCc1nc(C)c(/C=C/C2(c3ccccc3)CC2CO)s1. The minimum atomic E-state index is 0.0127. The summed E-state index contributed by atoms with van der Waals surface area (Å²) in [5.74, 6) is 0.343. The van der Waals surface area contributed by atoms with E-state index < -0.39 is 0 Å². The van der Waals surface area contributed by atoms with Crippen LogP contribution in [0.2, 0.25) is 0 Å². The molecule has 0 bridgehead atoms. The van der Waals surface area contributed by atoms with Crippen LogP contribution in [0.1, 0.15) is 34.5 Å². The van der Waals surface area contributed by atoms with Crippen molar-refractivity contribution in [3.63, 3.8) is 0 Å². The van der Waals surface area contributed by atoms with Gasteiger partial charge in [-0.3, -0.25) is 0 Å². The summed E-state index contributed by atoms with van der Waals surface area (Å²) < 4.78 is 0. The van der Waals surface area contributed by atoms with E-state index in [1.54, 1.807) is 11.3 Å². The molecule has 1 N–H and O–H groups in total. The number of hydrogen-bond acceptors (Lipinski definition) is 3. The van der Waals surface area contributed by atoms with Gasteiger partial charge >= 0.3 is 0 Å². The molecule has 2 atom stereocenters. The van der Waals surface area contributed by atoms with Crippen LogP contribution < -0.4 is 0 Å². The maximum atomic E-state index is 9.55. The van der Waals surface area contributed by atoms with Gasteiger partial charge in [-0.25, -0.2) is 4.98 Å². The third-order valence-corrected chi connectivity index (χ3v) is 5.66. The molecule has 1 aliphatic rings. The fourth-order valence-corrected chi connectivity index (χ4v) is 3.88. The summed E-state index contributed by atoms with van der Waals surface area (Å²) in [6.07, 6.45) is 6.50. The van der Waals surface area contributed by atoms with Gasteiger partial charge in [-0.2, -0.15) is 0 Å². The fourth-order valence-electron chi connectivity index (χ4n) is 2.97. The molecule has 0 spiro atoms. The van der Waals surface area contributed by atoms with E-state index in [-0.39, 0.29) is 12.0 Å². The highest BCUT2D eigenvalue weighted by atomic mass is 32.1. The van der Waals surface area contributed by atoms with Crippen LogP contribution in [0.5, 0.6) is 0 Å². The lowest BCUT2D eigenvalue weighted by atomic mass is 9.92. The minimum Gasteiger partial charge on any atom is -0.396 e. The largest absolute Gasteiger partial charge is 0.396 e. The predicted molar refractivity (Wildman–Crippen MR) is 88.6 cm³/mol.